The summed E-state index contributed by atoms with van der Waals surface area (Å²) in [4.78, 5) is 11.2. The highest BCUT2D eigenvalue weighted by Crippen LogP contribution is 2.27. The fourth-order valence-corrected chi connectivity index (χ4v) is 2.37. The van der Waals surface area contributed by atoms with E-state index in [2.05, 4.69) is 39.6 Å². The largest absolute Gasteiger partial charge is 0.495 e. The quantitative estimate of drug-likeness (QED) is 0.725. The van der Waals surface area contributed by atoms with E-state index in [0.29, 0.717) is 5.95 Å². The summed E-state index contributed by atoms with van der Waals surface area (Å²) < 4.78 is 5.40. The molecule has 24 heavy (non-hydrogen) atoms. The van der Waals surface area contributed by atoms with Gasteiger partial charge in [-0.05, 0) is 58.6 Å². The van der Waals surface area contributed by atoms with Crippen LogP contribution in [0, 0.1) is 13.8 Å². The Labute approximate surface area is 144 Å². The van der Waals surface area contributed by atoms with Crippen LogP contribution < -0.4 is 15.4 Å². The van der Waals surface area contributed by atoms with Crippen molar-refractivity contribution in [3.8, 4) is 5.75 Å². The zero-order valence-corrected chi connectivity index (χ0v) is 15.2. The van der Waals surface area contributed by atoms with Crippen LogP contribution in [0.4, 0.5) is 17.5 Å². The van der Waals surface area contributed by atoms with Gasteiger partial charge in [0.1, 0.15) is 11.6 Å². The van der Waals surface area contributed by atoms with Crippen molar-refractivity contribution >= 4 is 17.5 Å². The lowest BCUT2D eigenvalue weighted by molar-refractivity contribution is 0.405. The van der Waals surface area contributed by atoms with E-state index >= 15 is 0 Å². The highest BCUT2D eigenvalue weighted by molar-refractivity contribution is 5.64. The molecule has 0 aliphatic carbocycles. The Balaban J connectivity index is 2.09. The molecule has 2 N–H and O–H groups in total. The van der Waals surface area contributed by atoms with Gasteiger partial charge in [0, 0.05) is 18.3 Å². The third kappa shape index (κ3) is 5.38. The molecule has 0 bridgehead atoms. The first-order chi connectivity index (χ1) is 11.5. The molecular formula is C18H27N5O. The summed E-state index contributed by atoms with van der Waals surface area (Å²) in [6.45, 7) is 5.93. The molecule has 0 unspecified atom stereocenters. The van der Waals surface area contributed by atoms with E-state index in [1.54, 1.807) is 7.11 Å². The molecule has 6 nitrogen and oxygen atoms in total. The number of rotatable bonds is 8. The molecule has 0 aliphatic rings. The second-order valence-corrected chi connectivity index (χ2v) is 6.13. The monoisotopic (exact) mass is 329 g/mol. The second-order valence-electron chi connectivity index (χ2n) is 6.13. The second kappa shape index (κ2) is 8.49. The van der Waals surface area contributed by atoms with Gasteiger partial charge in [-0.2, -0.15) is 4.98 Å². The van der Waals surface area contributed by atoms with Gasteiger partial charge in [-0.15, -0.1) is 0 Å². The molecule has 0 saturated carbocycles. The first-order valence-electron chi connectivity index (χ1n) is 8.14. The number of anilines is 3. The Morgan fingerprint density at radius 3 is 2.62 bits per heavy atom. The first kappa shape index (κ1) is 18.0. The van der Waals surface area contributed by atoms with E-state index in [1.807, 2.05) is 38.1 Å². The van der Waals surface area contributed by atoms with Crippen molar-refractivity contribution in [1.82, 2.24) is 14.9 Å². The van der Waals surface area contributed by atoms with Gasteiger partial charge in [0.05, 0.1) is 12.8 Å². The van der Waals surface area contributed by atoms with E-state index in [0.717, 1.165) is 48.0 Å². The molecule has 1 aromatic heterocycles. The highest BCUT2D eigenvalue weighted by Gasteiger charge is 2.07. The average Bonchev–Trinajstić information content (AvgIpc) is 2.51. The van der Waals surface area contributed by atoms with Crippen molar-refractivity contribution in [3.63, 3.8) is 0 Å². The van der Waals surface area contributed by atoms with Gasteiger partial charge < -0.3 is 20.3 Å². The molecule has 2 aromatic rings. The van der Waals surface area contributed by atoms with Crippen LogP contribution in [0.25, 0.3) is 0 Å². The van der Waals surface area contributed by atoms with Crippen LogP contribution in [0.5, 0.6) is 5.75 Å². The van der Waals surface area contributed by atoms with Crippen LogP contribution in [0.15, 0.2) is 24.3 Å². The lowest BCUT2D eigenvalue weighted by Gasteiger charge is -2.13. The molecule has 2 rings (SSSR count). The summed E-state index contributed by atoms with van der Waals surface area (Å²) in [6, 6.07) is 7.93. The minimum Gasteiger partial charge on any atom is -0.495 e. The van der Waals surface area contributed by atoms with E-state index < -0.39 is 0 Å². The molecule has 6 heteroatoms. The third-order valence-corrected chi connectivity index (χ3v) is 3.54. The van der Waals surface area contributed by atoms with E-state index in [4.69, 9.17) is 4.74 Å². The van der Waals surface area contributed by atoms with Crippen molar-refractivity contribution in [2.24, 2.45) is 0 Å². The van der Waals surface area contributed by atoms with Crippen molar-refractivity contribution < 1.29 is 4.74 Å². The zero-order valence-electron chi connectivity index (χ0n) is 15.2. The fourth-order valence-electron chi connectivity index (χ4n) is 2.37. The van der Waals surface area contributed by atoms with Gasteiger partial charge in [-0.3, -0.25) is 0 Å². The number of nitrogens with zero attached hydrogens (tertiary/aromatic N) is 3. The van der Waals surface area contributed by atoms with Crippen LogP contribution in [-0.2, 0) is 0 Å². The molecule has 1 heterocycles. The minimum absolute atomic E-state index is 0.564. The topological polar surface area (TPSA) is 62.3 Å². The predicted octanol–water partition coefficient (Wildman–Crippen LogP) is 3.21. The Kier molecular flexibility index (Phi) is 6.37. The molecule has 0 spiro atoms. The standard InChI is InChI=1S/C18H27N5O/c1-13-7-8-16(24-5)15(11-13)21-18-20-14(2)12-17(22-18)19-9-6-10-23(3)4/h7-8,11-12H,6,9-10H2,1-5H3,(H2,19,20,21,22). The molecule has 0 fully saturated rings. The fraction of sp³-hybridized carbons (Fsp3) is 0.444. The van der Waals surface area contributed by atoms with Gasteiger partial charge in [0.25, 0.3) is 0 Å². The van der Waals surface area contributed by atoms with E-state index in [-0.39, 0.29) is 0 Å². The summed E-state index contributed by atoms with van der Waals surface area (Å²) in [6.07, 6.45) is 1.06. The zero-order chi connectivity index (χ0) is 17.5. The number of methoxy groups -OCH3 is 1. The van der Waals surface area contributed by atoms with Crippen LogP contribution >= 0.6 is 0 Å². The number of aromatic nitrogens is 2. The molecule has 0 amide bonds. The third-order valence-electron chi connectivity index (χ3n) is 3.54. The summed E-state index contributed by atoms with van der Waals surface area (Å²) in [7, 11) is 5.81. The van der Waals surface area contributed by atoms with Crippen molar-refractivity contribution in [2.45, 2.75) is 20.3 Å². The summed E-state index contributed by atoms with van der Waals surface area (Å²) in [5.74, 6) is 2.16. The van der Waals surface area contributed by atoms with Crippen LogP contribution in [0.3, 0.4) is 0 Å². The first-order valence-corrected chi connectivity index (χ1v) is 8.14. The Morgan fingerprint density at radius 2 is 1.92 bits per heavy atom. The van der Waals surface area contributed by atoms with Gasteiger partial charge in [-0.25, -0.2) is 4.98 Å². The number of ether oxygens (including phenoxy) is 1. The molecule has 0 radical (unpaired) electrons. The number of nitrogens with one attached hydrogen (secondary N) is 2. The lowest BCUT2D eigenvalue weighted by atomic mass is 10.2. The molecular weight excluding hydrogens is 302 g/mol. The maximum absolute atomic E-state index is 5.40. The number of hydrogen-bond acceptors (Lipinski definition) is 6. The van der Waals surface area contributed by atoms with E-state index in [1.165, 1.54) is 0 Å². The smallest absolute Gasteiger partial charge is 0.229 e. The Morgan fingerprint density at radius 1 is 1.12 bits per heavy atom. The molecule has 0 saturated heterocycles. The summed E-state index contributed by atoms with van der Waals surface area (Å²) >= 11 is 0. The molecule has 130 valence electrons. The normalized spacial score (nSPS) is 10.8. The molecule has 0 atom stereocenters. The number of benzene rings is 1. The minimum atomic E-state index is 0.564. The maximum atomic E-state index is 5.40. The predicted molar refractivity (Wildman–Crippen MR) is 99.4 cm³/mol. The van der Waals surface area contributed by atoms with Gasteiger partial charge in [-0.1, -0.05) is 6.07 Å². The van der Waals surface area contributed by atoms with Crippen molar-refractivity contribution in [3.05, 3.63) is 35.5 Å². The van der Waals surface area contributed by atoms with Crippen molar-refractivity contribution in [2.75, 3.05) is 44.9 Å². The Hall–Kier alpha value is -2.34. The van der Waals surface area contributed by atoms with Crippen LogP contribution in [0.2, 0.25) is 0 Å². The molecule has 1 aromatic carbocycles. The van der Waals surface area contributed by atoms with Crippen LogP contribution in [0.1, 0.15) is 17.7 Å². The molecule has 0 aliphatic heterocycles. The lowest BCUT2D eigenvalue weighted by Crippen LogP contribution is -2.17. The Bertz CT molecular complexity index is 672. The average molecular weight is 329 g/mol. The number of hydrogen-bond donors (Lipinski definition) is 2. The van der Waals surface area contributed by atoms with Crippen LogP contribution in [-0.4, -0.2) is 49.2 Å². The van der Waals surface area contributed by atoms with E-state index in [9.17, 15) is 0 Å². The van der Waals surface area contributed by atoms with Crippen molar-refractivity contribution in [1.29, 1.82) is 0 Å². The SMILES string of the molecule is COc1ccc(C)cc1Nc1nc(C)cc(NCCCN(C)C)n1. The van der Waals surface area contributed by atoms with Gasteiger partial charge in [0.2, 0.25) is 5.95 Å². The van der Waals surface area contributed by atoms with Gasteiger partial charge >= 0.3 is 0 Å². The summed E-state index contributed by atoms with van der Waals surface area (Å²) in [5.41, 5.74) is 2.92. The summed E-state index contributed by atoms with van der Waals surface area (Å²) in [5, 5.41) is 6.62. The number of aryl methyl sites for hydroxylation is 2. The van der Waals surface area contributed by atoms with Gasteiger partial charge in [0.15, 0.2) is 0 Å². The highest BCUT2D eigenvalue weighted by atomic mass is 16.5. The maximum Gasteiger partial charge on any atom is 0.229 e.